The van der Waals surface area contributed by atoms with E-state index in [1.54, 1.807) is 11.8 Å². The van der Waals surface area contributed by atoms with Gasteiger partial charge in [-0.3, -0.25) is 4.79 Å². The monoisotopic (exact) mass is 383 g/mol. The summed E-state index contributed by atoms with van der Waals surface area (Å²) in [5, 5.41) is 15.2. The van der Waals surface area contributed by atoms with Crippen molar-refractivity contribution in [3.63, 3.8) is 0 Å². The summed E-state index contributed by atoms with van der Waals surface area (Å²) in [6, 6.07) is 17.5. The van der Waals surface area contributed by atoms with Crippen molar-refractivity contribution in [2.24, 2.45) is 0 Å². The second kappa shape index (κ2) is 9.18. The summed E-state index contributed by atoms with van der Waals surface area (Å²) >= 11 is 1.30. The molecule has 7 nitrogen and oxygen atoms in total. The van der Waals surface area contributed by atoms with Gasteiger partial charge < -0.3 is 10.1 Å². The molecule has 0 fully saturated rings. The Hall–Kier alpha value is -2.87. The number of methoxy groups -OCH3 is 1. The van der Waals surface area contributed by atoms with Gasteiger partial charge in [-0.15, -0.1) is 5.10 Å². The fourth-order valence-corrected chi connectivity index (χ4v) is 3.22. The van der Waals surface area contributed by atoms with Crippen LogP contribution in [0.4, 0.5) is 0 Å². The number of amides is 1. The van der Waals surface area contributed by atoms with Gasteiger partial charge in [0.05, 0.1) is 18.6 Å². The lowest BCUT2D eigenvalue weighted by atomic mass is 10.0. The summed E-state index contributed by atoms with van der Waals surface area (Å²) in [5.41, 5.74) is 2.01. The number of nitrogens with zero attached hydrogens (tertiary/aromatic N) is 4. The van der Waals surface area contributed by atoms with Crippen LogP contribution in [-0.4, -0.2) is 45.5 Å². The van der Waals surface area contributed by atoms with Crippen molar-refractivity contribution in [2.75, 3.05) is 19.4 Å². The van der Waals surface area contributed by atoms with Gasteiger partial charge in [0, 0.05) is 6.54 Å². The van der Waals surface area contributed by atoms with Gasteiger partial charge in [-0.05, 0) is 46.2 Å². The highest BCUT2D eigenvalue weighted by molar-refractivity contribution is 7.99. The Morgan fingerprint density at radius 3 is 2.63 bits per heavy atom. The first-order chi connectivity index (χ1) is 13.2. The van der Waals surface area contributed by atoms with Gasteiger partial charge in [-0.2, -0.15) is 4.68 Å². The number of hydrogen-bond acceptors (Lipinski definition) is 6. The number of aromatic nitrogens is 4. The molecule has 0 bridgehead atoms. The third-order valence-corrected chi connectivity index (χ3v) is 4.98. The number of tetrazole rings is 1. The molecule has 27 heavy (non-hydrogen) atoms. The molecule has 2 aromatic carbocycles. The molecule has 3 rings (SSSR count). The summed E-state index contributed by atoms with van der Waals surface area (Å²) in [6.45, 7) is 2.68. The Bertz CT molecular complexity index is 867. The van der Waals surface area contributed by atoms with E-state index >= 15 is 0 Å². The Balaban J connectivity index is 1.53. The zero-order valence-electron chi connectivity index (χ0n) is 15.2. The largest absolute Gasteiger partial charge is 0.497 e. The normalized spacial score (nSPS) is 11.8. The van der Waals surface area contributed by atoms with Crippen molar-refractivity contribution in [3.8, 4) is 11.4 Å². The lowest BCUT2D eigenvalue weighted by Crippen LogP contribution is -2.29. The maximum Gasteiger partial charge on any atom is 0.230 e. The molecular formula is C19H21N5O2S. The highest BCUT2D eigenvalue weighted by atomic mass is 32.2. The molecule has 0 aliphatic carbocycles. The first kappa shape index (κ1) is 18.9. The molecule has 1 N–H and O–H groups in total. The fraction of sp³-hybridized carbons (Fsp3) is 0.263. The molecule has 1 heterocycles. The van der Waals surface area contributed by atoms with Crippen molar-refractivity contribution in [3.05, 3.63) is 60.2 Å². The maximum absolute atomic E-state index is 12.2. The zero-order valence-corrected chi connectivity index (χ0v) is 16.0. The maximum atomic E-state index is 12.2. The molecular weight excluding hydrogens is 362 g/mol. The zero-order chi connectivity index (χ0) is 19.1. The number of benzene rings is 2. The highest BCUT2D eigenvalue weighted by Gasteiger charge is 2.13. The quantitative estimate of drug-likeness (QED) is 0.602. The van der Waals surface area contributed by atoms with Crippen molar-refractivity contribution >= 4 is 17.7 Å². The van der Waals surface area contributed by atoms with Gasteiger partial charge in [-0.25, -0.2) is 0 Å². The van der Waals surface area contributed by atoms with Crippen LogP contribution >= 0.6 is 11.8 Å². The third kappa shape index (κ3) is 5.07. The standard InChI is InChI=1S/C19H21N5O2S/c1-14(15-6-4-3-5-7-15)12-20-18(25)13-27-19-21-22-23-24(19)16-8-10-17(26-2)11-9-16/h3-11,14H,12-13H2,1-2H3,(H,20,25)/t14-/m1/s1. The smallest absolute Gasteiger partial charge is 0.230 e. The molecule has 0 radical (unpaired) electrons. The Morgan fingerprint density at radius 1 is 1.19 bits per heavy atom. The minimum atomic E-state index is -0.0490. The number of hydrogen-bond donors (Lipinski definition) is 1. The number of carbonyl (C=O) groups is 1. The summed E-state index contributed by atoms with van der Waals surface area (Å²) in [7, 11) is 1.62. The summed E-state index contributed by atoms with van der Waals surface area (Å²) in [4.78, 5) is 12.2. The van der Waals surface area contributed by atoms with Gasteiger partial charge in [0.2, 0.25) is 11.1 Å². The van der Waals surface area contributed by atoms with E-state index < -0.39 is 0 Å². The Kier molecular flexibility index (Phi) is 6.43. The van der Waals surface area contributed by atoms with Crippen molar-refractivity contribution < 1.29 is 9.53 Å². The topological polar surface area (TPSA) is 81.9 Å². The molecule has 3 aromatic rings. The predicted octanol–water partition coefficient (Wildman–Crippen LogP) is 2.68. The van der Waals surface area contributed by atoms with Crippen LogP contribution in [0.5, 0.6) is 5.75 Å². The fourth-order valence-electron chi connectivity index (χ4n) is 2.50. The van der Waals surface area contributed by atoms with E-state index in [9.17, 15) is 4.79 Å². The molecule has 1 amide bonds. The lowest BCUT2D eigenvalue weighted by molar-refractivity contribution is -0.118. The van der Waals surface area contributed by atoms with Crippen LogP contribution in [0.25, 0.3) is 5.69 Å². The van der Waals surface area contributed by atoms with E-state index in [2.05, 4.69) is 39.9 Å². The average Bonchev–Trinajstić information content (AvgIpc) is 3.19. The molecule has 0 aliphatic rings. The van der Waals surface area contributed by atoms with Gasteiger partial charge in [0.15, 0.2) is 0 Å². The average molecular weight is 383 g/mol. The molecule has 140 valence electrons. The van der Waals surface area contributed by atoms with E-state index in [1.165, 1.54) is 17.3 Å². The molecule has 0 aliphatic heterocycles. The van der Waals surface area contributed by atoms with Crippen molar-refractivity contribution in [1.29, 1.82) is 0 Å². The molecule has 8 heteroatoms. The molecule has 1 atom stereocenters. The van der Waals surface area contributed by atoms with Crippen LogP contribution in [-0.2, 0) is 4.79 Å². The van der Waals surface area contributed by atoms with E-state index in [0.29, 0.717) is 11.7 Å². The molecule has 0 spiro atoms. The number of rotatable bonds is 8. The molecule has 0 unspecified atom stereocenters. The van der Waals surface area contributed by atoms with Crippen molar-refractivity contribution in [2.45, 2.75) is 18.0 Å². The van der Waals surface area contributed by atoms with Crippen LogP contribution in [0.3, 0.4) is 0 Å². The van der Waals surface area contributed by atoms with E-state index in [0.717, 1.165) is 11.4 Å². The van der Waals surface area contributed by atoms with Gasteiger partial charge >= 0.3 is 0 Å². The van der Waals surface area contributed by atoms with Gasteiger partial charge in [-0.1, -0.05) is 49.0 Å². The van der Waals surface area contributed by atoms with Crippen LogP contribution in [0.2, 0.25) is 0 Å². The molecule has 1 aromatic heterocycles. The number of nitrogens with one attached hydrogen (secondary N) is 1. The number of thioether (sulfide) groups is 1. The van der Waals surface area contributed by atoms with Crippen LogP contribution in [0.15, 0.2) is 59.8 Å². The van der Waals surface area contributed by atoms with Gasteiger partial charge in [0.1, 0.15) is 5.75 Å². The van der Waals surface area contributed by atoms with E-state index in [-0.39, 0.29) is 17.6 Å². The SMILES string of the molecule is COc1ccc(-n2nnnc2SCC(=O)NC[C@@H](C)c2ccccc2)cc1. The predicted molar refractivity (Wildman–Crippen MR) is 104 cm³/mol. The third-order valence-electron chi connectivity index (χ3n) is 4.06. The van der Waals surface area contributed by atoms with Crippen LogP contribution in [0, 0.1) is 0 Å². The minimum Gasteiger partial charge on any atom is -0.497 e. The van der Waals surface area contributed by atoms with Crippen LogP contribution < -0.4 is 10.1 Å². The summed E-state index contributed by atoms with van der Waals surface area (Å²) in [6.07, 6.45) is 0. The van der Waals surface area contributed by atoms with Crippen LogP contribution in [0.1, 0.15) is 18.4 Å². The second-order valence-corrected chi connectivity index (χ2v) is 6.92. The molecule has 0 saturated heterocycles. The summed E-state index contributed by atoms with van der Waals surface area (Å²) < 4.78 is 6.76. The Labute approximate surface area is 162 Å². The molecule has 0 saturated carbocycles. The van der Waals surface area contributed by atoms with Crippen molar-refractivity contribution in [1.82, 2.24) is 25.5 Å². The van der Waals surface area contributed by atoms with Gasteiger partial charge in [0.25, 0.3) is 0 Å². The second-order valence-electron chi connectivity index (χ2n) is 5.98. The first-order valence-corrected chi connectivity index (χ1v) is 9.53. The van der Waals surface area contributed by atoms with E-state index in [4.69, 9.17) is 4.74 Å². The highest BCUT2D eigenvalue weighted by Crippen LogP contribution is 2.20. The summed E-state index contributed by atoms with van der Waals surface area (Å²) in [5.74, 6) is 1.21. The lowest BCUT2D eigenvalue weighted by Gasteiger charge is -2.12. The first-order valence-electron chi connectivity index (χ1n) is 8.54. The minimum absolute atomic E-state index is 0.0490. The number of carbonyl (C=O) groups excluding carboxylic acids is 1. The number of ether oxygens (including phenoxy) is 1. The Morgan fingerprint density at radius 2 is 1.93 bits per heavy atom. The van der Waals surface area contributed by atoms with E-state index in [1.807, 2.05) is 42.5 Å².